The van der Waals surface area contributed by atoms with Crippen LogP contribution in [0.5, 0.6) is 0 Å². The van der Waals surface area contributed by atoms with Gasteiger partial charge in [-0.3, -0.25) is 24.3 Å². The van der Waals surface area contributed by atoms with Crippen LogP contribution in [0.4, 0.5) is 11.4 Å². The second-order valence-electron chi connectivity index (χ2n) is 3.67. The molecule has 0 aliphatic carbocycles. The maximum atomic E-state index is 5.33. The molecular formula is C18H16N2Y2-4. The standard InChI is InChI=1S/2C6H6N.C6H4.2Y/c2*7-6-4-2-1-3-5-6;1-2-4-6-5-3-1;;/h2*1-2,4-5H,7H2;1-2,5-6H;;/q2*-1;-2;;. The van der Waals surface area contributed by atoms with Crippen molar-refractivity contribution in [3.63, 3.8) is 0 Å². The molecule has 3 aromatic carbocycles. The molecule has 0 amide bonds. The summed E-state index contributed by atoms with van der Waals surface area (Å²) >= 11 is 0. The van der Waals surface area contributed by atoms with Crippen LogP contribution in [0.25, 0.3) is 0 Å². The first kappa shape index (κ1) is 23.7. The number of nitrogens with two attached hydrogens (primary N) is 2. The van der Waals surface area contributed by atoms with Crippen LogP contribution in [-0.4, -0.2) is 0 Å². The summed E-state index contributed by atoms with van der Waals surface area (Å²) in [5, 5.41) is 0. The van der Waals surface area contributed by atoms with Crippen molar-refractivity contribution in [1.29, 1.82) is 0 Å². The molecule has 0 bridgehead atoms. The van der Waals surface area contributed by atoms with Gasteiger partial charge in [-0.2, -0.15) is 60.7 Å². The summed E-state index contributed by atoms with van der Waals surface area (Å²) in [5.74, 6) is 0. The molecule has 0 heterocycles. The van der Waals surface area contributed by atoms with E-state index in [1.807, 2.05) is 60.7 Å². The third-order valence-corrected chi connectivity index (χ3v) is 2.01. The SMILES string of the molecule is Nc1c[c-]ccc1.Nc1c[c-]ccc1.[Y].[Y].[c-]1cc[c-]cc1. The molecule has 0 saturated heterocycles. The third kappa shape index (κ3) is 14.4. The van der Waals surface area contributed by atoms with Crippen molar-refractivity contribution < 1.29 is 65.4 Å². The third-order valence-electron chi connectivity index (χ3n) is 2.01. The van der Waals surface area contributed by atoms with Crippen molar-refractivity contribution in [2.45, 2.75) is 0 Å². The Balaban J connectivity index is 0. The van der Waals surface area contributed by atoms with Crippen LogP contribution in [0.1, 0.15) is 0 Å². The molecule has 4 N–H and O–H groups in total. The van der Waals surface area contributed by atoms with Gasteiger partial charge in [-0.15, -0.1) is 0 Å². The average molecular weight is 438 g/mol. The molecule has 0 unspecified atom stereocenters. The van der Waals surface area contributed by atoms with E-state index >= 15 is 0 Å². The number of anilines is 2. The molecular weight excluding hydrogens is 422 g/mol. The fourth-order valence-corrected chi connectivity index (χ4v) is 1.12. The Morgan fingerprint density at radius 3 is 1.05 bits per heavy atom. The Bertz CT molecular complexity index is 482. The van der Waals surface area contributed by atoms with Crippen LogP contribution in [0, 0.1) is 24.3 Å². The monoisotopic (exact) mass is 438 g/mol. The Kier molecular flexibility index (Phi) is 18.2. The fourth-order valence-electron chi connectivity index (χ4n) is 1.12. The van der Waals surface area contributed by atoms with E-state index in [0.717, 1.165) is 11.4 Å². The molecule has 0 aromatic heterocycles. The van der Waals surface area contributed by atoms with Crippen LogP contribution >= 0.6 is 0 Å². The molecule has 0 fully saturated rings. The second-order valence-corrected chi connectivity index (χ2v) is 3.67. The van der Waals surface area contributed by atoms with Crippen LogP contribution in [0.15, 0.2) is 72.8 Å². The van der Waals surface area contributed by atoms with E-state index in [1.54, 1.807) is 12.1 Å². The topological polar surface area (TPSA) is 52.0 Å². The van der Waals surface area contributed by atoms with E-state index in [1.165, 1.54) is 0 Å². The maximum Gasteiger partial charge on any atom is 0 e. The van der Waals surface area contributed by atoms with E-state index in [-0.39, 0.29) is 65.4 Å². The van der Waals surface area contributed by atoms with Gasteiger partial charge in [0.15, 0.2) is 0 Å². The number of benzene rings is 3. The zero-order valence-corrected chi connectivity index (χ0v) is 17.9. The van der Waals surface area contributed by atoms with E-state index in [2.05, 4.69) is 24.3 Å². The van der Waals surface area contributed by atoms with Gasteiger partial charge in [-0.1, -0.05) is 11.4 Å². The van der Waals surface area contributed by atoms with Crippen LogP contribution in [-0.2, 0) is 65.4 Å². The van der Waals surface area contributed by atoms with Crippen molar-refractivity contribution >= 4 is 11.4 Å². The minimum atomic E-state index is 0. The molecule has 3 aromatic rings. The van der Waals surface area contributed by atoms with Crippen LogP contribution in [0.2, 0.25) is 0 Å². The molecule has 2 radical (unpaired) electrons. The minimum absolute atomic E-state index is 0. The summed E-state index contributed by atoms with van der Waals surface area (Å²) in [6.45, 7) is 0. The molecule has 108 valence electrons. The van der Waals surface area contributed by atoms with Crippen molar-refractivity contribution in [3.8, 4) is 0 Å². The Hall–Kier alpha value is -0.532. The summed E-state index contributed by atoms with van der Waals surface area (Å²) < 4.78 is 0. The molecule has 2 nitrogen and oxygen atoms in total. The summed E-state index contributed by atoms with van der Waals surface area (Å²) in [5.41, 5.74) is 12.2. The van der Waals surface area contributed by atoms with Gasteiger partial charge in [-0.25, -0.2) is 0 Å². The van der Waals surface area contributed by atoms with Crippen molar-refractivity contribution in [2.24, 2.45) is 0 Å². The van der Waals surface area contributed by atoms with Crippen molar-refractivity contribution in [1.82, 2.24) is 0 Å². The van der Waals surface area contributed by atoms with Gasteiger partial charge in [0.25, 0.3) is 0 Å². The number of hydrogen-bond acceptors (Lipinski definition) is 2. The number of hydrogen-bond donors (Lipinski definition) is 2. The van der Waals surface area contributed by atoms with E-state index < -0.39 is 0 Å². The molecule has 0 atom stereocenters. The molecule has 3 rings (SSSR count). The predicted molar refractivity (Wildman–Crippen MR) is 83.5 cm³/mol. The van der Waals surface area contributed by atoms with Gasteiger partial charge in [0, 0.05) is 65.4 Å². The minimum Gasteiger partial charge on any atom is -0.449 e. The summed E-state index contributed by atoms with van der Waals surface area (Å²) in [4.78, 5) is 0. The van der Waals surface area contributed by atoms with Crippen molar-refractivity contribution in [3.05, 3.63) is 97.1 Å². The molecule has 22 heavy (non-hydrogen) atoms. The zero-order valence-electron chi connectivity index (χ0n) is 12.2. The summed E-state index contributed by atoms with van der Waals surface area (Å²) in [7, 11) is 0. The van der Waals surface area contributed by atoms with Gasteiger partial charge in [-0.05, 0) is 0 Å². The second kappa shape index (κ2) is 16.8. The first-order chi connectivity index (χ1) is 9.79. The molecule has 0 saturated carbocycles. The van der Waals surface area contributed by atoms with Gasteiger partial charge >= 0.3 is 0 Å². The quantitative estimate of drug-likeness (QED) is 0.418. The predicted octanol–water partition coefficient (Wildman–Crippen LogP) is 3.42. The Morgan fingerprint density at radius 2 is 0.909 bits per heavy atom. The van der Waals surface area contributed by atoms with Crippen LogP contribution < -0.4 is 11.5 Å². The fraction of sp³-hybridized carbons (Fsp3) is 0. The largest absolute Gasteiger partial charge is 0.449 e. The van der Waals surface area contributed by atoms with E-state index in [4.69, 9.17) is 11.5 Å². The number of nitrogen functional groups attached to an aromatic ring is 2. The molecule has 4 heteroatoms. The van der Waals surface area contributed by atoms with Crippen LogP contribution in [0.3, 0.4) is 0 Å². The zero-order chi connectivity index (χ0) is 14.5. The Labute approximate surface area is 183 Å². The number of rotatable bonds is 0. The first-order valence-corrected chi connectivity index (χ1v) is 6.04. The average Bonchev–Trinajstić information content (AvgIpc) is 2.52. The van der Waals surface area contributed by atoms with Crippen molar-refractivity contribution in [2.75, 3.05) is 11.5 Å². The smallest absolute Gasteiger partial charge is 0 e. The van der Waals surface area contributed by atoms with E-state index in [0.29, 0.717) is 0 Å². The molecule has 0 spiro atoms. The Morgan fingerprint density at radius 1 is 0.545 bits per heavy atom. The first-order valence-electron chi connectivity index (χ1n) is 6.04. The molecule has 0 aliphatic rings. The normalized spacial score (nSPS) is 7.64. The van der Waals surface area contributed by atoms with E-state index in [9.17, 15) is 0 Å². The van der Waals surface area contributed by atoms with Gasteiger partial charge in [0.1, 0.15) is 0 Å². The molecule has 0 aliphatic heterocycles. The van der Waals surface area contributed by atoms with Gasteiger partial charge in [0.05, 0.1) is 0 Å². The summed E-state index contributed by atoms with van der Waals surface area (Å²) in [6, 6.07) is 33.1. The summed E-state index contributed by atoms with van der Waals surface area (Å²) in [6.07, 6.45) is 0. The maximum absolute atomic E-state index is 5.33. The van der Waals surface area contributed by atoms with Gasteiger partial charge in [0.2, 0.25) is 0 Å². The van der Waals surface area contributed by atoms with Gasteiger partial charge < -0.3 is 23.6 Å².